The summed E-state index contributed by atoms with van der Waals surface area (Å²) in [7, 11) is 0. The van der Waals surface area contributed by atoms with E-state index in [1.807, 2.05) is 66.7 Å². The third-order valence-electron chi connectivity index (χ3n) is 5.55. The molecule has 0 radical (unpaired) electrons. The van der Waals surface area contributed by atoms with Gasteiger partial charge >= 0.3 is 0 Å². The van der Waals surface area contributed by atoms with Crippen molar-refractivity contribution in [1.29, 1.82) is 0 Å². The Balaban J connectivity index is 1.19. The number of amides is 1. The maximum atomic E-state index is 12.4. The molecule has 1 unspecified atom stereocenters. The van der Waals surface area contributed by atoms with E-state index < -0.39 is 6.10 Å². The highest BCUT2D eigenvalue weighted by Gasteiger charge is 2.14. The lowest BCUT2D eigenvalue weighted by molar-refractivity contribution is -0.127. The number of hydrazone groups is 1. The number of hydrogen-bond donors (Lipinski definition) is 1. The molecular formula is C31H30N2O4. The van der Waals surface area contributed by atoms with Gasteiger partial charge in [0.2, 0.25) is 0 Å². The molecule has 0 aliphatic carbocycles. The van der Waals surface area contributed by atoms with E-state index in [1.54, 1.807) is 25.3 Å². The van der Waals surface area contributed by atoms with Crippen LogP contribution in [0.2, 0.25) is 0 Å². The second-order valence-corrected chi connectivity index (χ2v) is 8.58. The molecule has 0 aliphatic rings. The molecule has 0 saturated heterocycles. The van der Waals surface area contributed by atoms with Crippen LogP contribution in [0.15, 0.2) is 108 Å². The van der Waals surface area contributed by atoms with Crippen molar-refractivity contribution in [2.24, 2.45) is 5.10 Å². The quantitative estimate of drug-likeness (QED) is 0.203. The molecule has 4 aromatic rings. The Labute approximate surface area is 217 Å². The molecule has 0 spiro atoms. The summed E-state index contributed by atoms with van der Waals surface area (Å²) in [5.74, 6) is 1.71. The zero-order chi connectivity index (χ0) is 25.9. The molecule has 1 N–H and O–H groups in total. The fraction of sp³-hybridized carbons (Fsp3) is 0.161. The SMILES string of the molecule is Cc1ccc(COc2ccc(C=NNC(=O)C(C)Oc3ccc(OCc4ccccc4)cc3)cc2)cc1. The van der Waals surface area contributed by atoms with Crippen LogP contribution >= 0.6 is 0 Å². The molecule has 6 nitrogen and oxygen atoms in total. The van der Waals surface area contributed by atoms with E-state index in [0.717, 1.165) is 28.2 Å². The molecule has 1 atom stereocenters. The van der Waals surface area contributed by atoms with Crippen molar-refractivity contribution >= 4 is 12.1 Å². The van der Waals surface area contributed by atoms with Gasteiger partial charge in [-0.05, 0) is 79.1 Å². The van der Waals surface area contributed by atoms with Gasteiger partial charge < -0.3 is 14.2 Å². The van der Waals surface area contributed by atoms with Gasteiger partial charge in [0.1, 0.15) is 30.5 Å². The summed E-state index contributed by atoms with van der Waals surface area (Å²) >= 11 is 0. The van der Waals surface area contributed by atoms with Crippen molar-refractivity contribution in [2.45, 2.75) is 33.2 Å². The minimum atomic E-state index is -0.717. The predicted molar refractivity (Wildman–Crippen MR) is 145 cm³/mol. The highest BCUT2D eigenvalue weighted by molar-refractivity contribution is 5.84. The van der Waals surface area contributed by atoms with E-state index in [4.69, 9.17) is 14.2 Å². The number of carbonyl (C=O) groups is 1. The summed E-state index contributed by atoms with van der Waals surface area (Å²) in [4.78, 5) is 12.4. The Morgan fingerprint density at radius 2 is 1.30 bits per heavy atom. The van der Waals surface area contributed by atoms with Gasteiger partial charge in [-0.2, -0.15) is 5.10 Å². The first-order valence-electron chi connectivity index (χ1n) is 12.1. The van der Waals surface area contributed by atoms with Crippen molar-refractivity contribution in [3.8, 4) is 17.2 Å². The Morgan fingerprint density at radius 3 is 1.92 bits per heavy atom. The van der Waals surface area contributed by atoms with Crippen LogP contribution < -0.4 is 19.6 Å². The summed E-state index contributed by atoms with van der Waals surface area (Å²) in [5.41, 5.74) is 6.78. The van der Waals surface area contributed by atoms with Crippen LogP contribution in [0.5, 0.6) is 17.2 Å². The van der Waals surface area contributed by atoms with Crippen LogP contribution in [0, 0.1) is 6.92 Å². The van der Waals surface area contributed by atoms with Crippen molar-refractivity contribution < 1.29 is 19.0 Å². The normalized spacial score (nSPS) is 11.6. The van der Waals surface area contributed by atoms with Crippen LogP contribution in [0.25, 0.3) is 0 Å². The minimum absolute atomic E-state index is 0.348. The van der Waals surface area contributed by atoms with Gasteiger partial charge in [-0.15, -0.1) is 0 Å². The Kier molecular flexibility index (Phi) is 8.92. The highest BCUT2D eigenvalue weighted by Crippen LogP contribution is 2.20. The number of nitrogens with zero attached hydrogens (tertiary/aromatic N) is 1. The van der Waals surface area contributed by atoms with Crippen LogP contribution in [-0.2, 0) is 18.0 Å². The molecule has 0 fully saturated rings. The molecule has 1 amide bonds. The zero-order valence-electron chi connectivity index (χ0n) is 21.0. The summed E-state index contributed by atoms with van der Waals surface area (Å²) < 4.78 is 17.3. The monoisotopic (exact) mass is 494 g/mol. The summed E-state index contributed by atoms with van der Waals surface area (Å²) in [5, 5.41) is 4.04. The first-order valence-corrected chi connectivity index (χ1v) is 12.1. The van der Waals surface area contributed by atoms with Gasteiger partial charge in [-0.25, -0.2) is 5.43 Å². The van der Waals surface area contributed by atoms with E-state index in [2.05, 4.69) is 41.7 Å². The van der Waals surface area contributed by atoms with Crippen LogP contribution in [0.3, 0.4) is 0 Å². The van der Waals surface area contributed by atoms with Crippen molar-refractivity contribution in [3.63, 3.8) is 0 Å². The first-order chi connectivity index (χ1) is 18.0. The van der Waals surface area contributed by atoms with Crippen LogP contribution in [-0.4, -0.2) is 18.2 Å². The average Bonchev–Trinajstić information content (AvgIpc) is 2.93. The molecule has 0 aliphatic heterocycles. The third-order valence-corrected chi connectivity index (χ3v) is 5.55. The standard InChI is InChI=1S/C31H30N2O4/c1-23-8-10-27(11-9-23)22-36-28-14-12-25(13-15-28)20-32-33-31(34)24(2)37-30-18-16-29(17-19-30)35-21-26-6-4-3-5-7-26/h3-20,24H,21-22H2,1-2H3,(H,33,34). The topological polar surface area (TPSA) is 69.2 Å². The van der Waals surface area contributed by atoms with Gasteiger partial charge in [-0.1, -0.05) is 60.2 Å². The smallest absolute Gasteiger partial charge is 0.280 e. The number of carbonyl (C=O) groups excluding carboxylic acids is 1. The van der Waals surface area contributed by atoms with Crippen molar-refractivity contribution in [3.05, 3.63) is 125 Å². The van der Waals surface area contributed by atoms with Gasteiger partial charge in [0.05, 0.1) is 6.21 Å². The third kappa shape index (κ3) is 8.25. The maximum absolute atomic E-state index is 12.4. The second kappa shape index (κ2) is 12.9. The largest absolute Gasteiger partial charge is 0.489 e. The molecule has 0 heterocycles. The van der Waals surface area contributed by atoms with E-state index in [1.165, 1.54) is 5.56 Å². The zero-order valence-corrected chi connectivity index (χ0v) is 21.0. The number of nitrogens with one attached hydrogen (secondary N) is 1. The van der Waals surface area contributed by atoms with Gasteiger partial charge in [0.15, 0.2) is 6.10 Å². The van der Waals surface area contributed by atoms with Gasteiger partial charge in [0.25, 0.3) is 5.91 Å². The van der Waals surface area contributed by atoms with E-state index in [-0.39, 0.29) is 5.91 Å². The summed E-state index contributed by atoms with van der Waals surface area (Å²) in [6.45, 7) is 4.72. The van der Waals surface area contributed by atoms with Crippen LogP contribution in [0.4, 0.5) is 0 Å². The van der Waals surface area contributed by atoms with E-state index in [9.17, 15) is 4.79 Å². The number of aryl methyl sites for hydroxylation is 1. The van der Waals surface area contributed by atoms with E-state index >= 15 is 0 Å². The van der Waals surface area contributed by atoms with Crippen molar-refractivity contribution in [2.75, 3.05) is 0 Å². The molecule has 37 heavy (non-hydrogen) atoms. The first kappa shape index (κ1) is 25.5. The fourth-order valence-corrected chi connectivity index (χ4v) is 3.38. The number of rotatable bonds is 11. The second-order valence-electron chi connectivity index (χ2n) is 8.58. The lowest BCUT2D eigenvalue weighted by Gasteiger charge is -2.13. The lowest BCUT2D eigenvalue weighted by atomic mass is 10.2. The number of ether oxygens (including phenoxy) is 3. The lowest BCUT2D eigenvalue weighted by Crippen LogP contribution is -2.33. The molecule has 4 rings (SSSR count). The molecule has 4 aromatic carbocycles. The Bertz CT molecular complexity index is 1290. The summed E-state index contributed by atoms with van der Waals surface area (Å²) in [6.07, 6.45) is 0.860. The van der Waals surface area contributed by atoms with E-state index in [0.29, 0.717) is 19.0 Å². The van der Waals surface area contributed by atoms with Gasteiger partial charge in [0, 0.05) is 0 Å². The molecular weight excluding hydrogens is 464 g/mol. The molecule has 188 valence electrons. The fourth-order valence-electron chi connectivity index (χ4n) is 3.38. The Morgan fingerprint density at radius 1 is 0.757 bits per heavy atom. The molecule has 0 bridgehead atoms. The molecule has 0 saturated carbocycles. The summed E-state index contributed by atoms with van der Waals surface area (Å²) in [6, 6.07) is 32.9. The predicted octanol–water partition coefficient (Wildman–Crippen LogP) is 6.07. The average molecular weight is 495 g/mol. The minimum Gasteiger partial charge on any atom is -0.489 e. The van der Waals surface area contributed by atoms with Crippen molar-refractivity contribution in [1.82, 2.24) is 5.43 Å². The number of hydrogen-bond acceptors (Lipinski definition) is 5. The number of benzene rings is 4. The Hall–Kier alpha value is -4.58. The highest BCUT2D eigenvalue weighted by atomic mass is 16.5. The maximum Gasteiger partial charge on any atom is 0.280 e. The van der Waals surface area contributed by atoms with Crippen LogP contribution in [0.1, 0.15) is 29.2 Å². The molecule has 6 heteroatoms. The van der Waals surface area contributed by atoms with Gasteiger partial charge in [-0.3, -0.25) is 4.79 Å². The molecule has 0 aromatic heterocycles.